The van der Waals surface area contributed by atoms with E-state index in [0.717, 1.165) is 6.92 Å². The largest absolute Gasteiger partial charge is 0.481 e. The number of primary amides is 1. The predicted molar refractivity (Wildman–Crippen MR) is 172 cm³/mol. The quantitative estimate of drug-likeness (QED) is 0.0627. The molecule has 1 unspecified atom stereocenters. The number of hydrogen-bond donors (Lipinski definition) is 6. The number of amides is 4. The first kappa shape index (κ1) is 44.1. The molecule has 0 bridgehead atoms. The zero-order valence-electron chi connectivity index (χ0n) is 28.6. The lowest BCUT2D eigenvalue weighted by Crippen LogP contribution is -2.45. The van der Waals surface area contributed by atoms with Crippen molar-refractivity contribution in [1.82, 2.24) is 16.0 Å². The highest BCUT2D eigenvalue weighted by molar-refractivity contribution is 5.87. The fraction of sp³-hybridized carbons (Fsp3) is 0.750. The van der Waals surface area contributed by atoms with Crippen molar-refractivity contribution in [3.05, 3.63) is 0 Å². The maximum atomic E-state index is 12.2. The van der Waals surface area contributed by atoms with Gasteiger partial charge in [-0.05, 0) is 43.9 Å². The SMILES string of the molecule is CC(=O)N[C@H](CCC(=O)C[C@@H](CCC(=O)CCCOCCOCC(=O)NC(CCCCNC(=O)CC(C)(C)C)C(N)=O)C(=O)O)C(=O)O. The zero-order chi connectivity index (χ0) is 36.7. The lowest BCUT2D eigenvalue weighted by molar-refractivity contribution is -0.145. The van der Waals surface area contributed by atoms with Crippen molar-refractivity contribution >= 4 is 47.1 Å². The van der Waals surface area contributed by atoms with Crippen molar-refractivity contribution in [2.45, 2.75) is 110 Å². The molecule has 0 spiro atoms. The van der Waals surface area contributed by atoms with Crippen LogP contribution in [0.1, 0.15) is 98.3 Å². The fourth-order valence-corrected chi connectivity index (χ4v) is 4.48. The van der Waals surface area contributed by atoms with E-state index >= 15 is 0 Å². The molecule has 48 heavy (non-hydrogen) atoms. The number of ether oxygens (including phenoxy) is 2. The summed E-state index contributed by atoms with van der Waals surface area (Å²) in [7, 11) is 0. The summed E-state index contributed by atoms with van der Waals surface area (Å²) in [6, 6.07) is -2.11. The van der Waals surface area contributed by atoms with E-state index in [9.17, 15) is 43.5 Å². The van der Waals surface area contributed by atoms with Gasteiger partial charge in [-0.15, -0.1) is 0 Å². The average Bonchev–Trinajstić information content (AvgIpc) is 2.96. The second-order valence-corrected chi connectivity index (χ2v) is 12.9. The van der Waals surface area contributed by atoms with Gasteiger partial charge in [0.05, 0.1) is 19.1 Å². The van der Waals surface area contributed by atoms with Crippen molar-refractivity contribution in [2.75, 3.05) is 33.0 Å². The lowest BCUT2D eigenvalue weighted by Gasteiger charge is -2.18. The second-order valence-electron chi connectivity index (χ2n) is 12.9. The minimum absolute atomic E-state index is 0.0417. The number of rotatable bonds is 28. The highest BCUT2D eigenvalue weighted by atomic mass is 16.5. The van der Waals surface area contributed by atoms with E-state index < -0.39 is 53.4 Å². The molecule has 3 atom stereocenters. The second kappa shape index (κ2) is 24.3. The molecule has 0 saturated carbocycles. The van der Waals surface area contributed by atoms with Gasteiger partial charge in [0.1, 0.15) is 30.3 Å². The van der Waals surface area contributed by atoms with Gasteiger partial charge < -0.3 is 41.4 Å². The molecule has 0 aliphatic carbocycles. The number of nitrogens with one attached hydrogen (secondary N) is 3. The molecule has 0 heterocycles. The van der Waals surface area contributed by atoms with Gasteiger partial charge in [-0.1, -0.05) is 20.8 Å². The molecule has 7 N–H and O–H groups in total. The summed E-state index contributed by atoms with van der Waals surface area (Å²) in [6.45, 7) is 7.68. The Balaban J connectivity index is 4.13. The number of carboxylic acid groups (broad SMARTS) is 2. The summed E-state index contributed by atoms with van der Waals surface area (Å²) in [5, 5.41) is 26.1. The smallest absolute Gasteiger partial charge is 0.326 e. The van der Waals surface area contributed by atoms with Crippen molar-refractivity contribution in [3.8, 4) is 0 Å². The van der Waals surface area contributed by atoms with Crippen LogP contribution in [0.25, 0.3) is 0 Å². The zero-order valence-corrected chi connectivity index (χ0v) is 28.6. The van der Waals surface area contributed by atoms with E-state index in [0.29, 0.717) is 38.6 Å². The molecule has 274 valence electrons. The van der Waals surface area contributed by atoms with Crippen molar-refractivity contribution in [3.63, 3.8) is 0 Å². The Hall–Kier alpha value is -3.92. The number of Topliss-reactive ketones (excluding diaryl/α,β-unsaturated/α-hetero) is 2. The third-order valence-electron chi connectivity index (χ3n) is 6.94. The summed E-state index contributed by atoms with van der Waals surface area (Å²) in [5.74, 6) is -6.09. The van der Waals surface area contributed by atoms with Crippen LogP contribution in [0.5, 0.6) is 0 Å². The molecule has 0 aliphatic heterocycles. The molecule has 0 radical (unpaired) electrons. The van der Waals surface area contributed by atoms with E-state index in [2.05, 4.69) is 16.0 Å². The summed E-state index contributed by atoms with van der Waals surface area (Å²) >= 11 is 0. The molecular weight excluding hydrogens is 632 g/mol. The van der Waals surface area contributed by atoms with Crippen LogP contribution >= 0.6 is 0 Å². The molecule has 0 aromatic heterocycles. The van der Waals surface area contributed by atoms with Crippen LogP contribution in [0.3, 0.4) is 0 Å². The molecule has 0 aliphatic rings. The molecule has 16 nitrogen and oxygen atoms in total. The third kappa shape index (κ3) is 24.3. The normalized spacial score (nSPS) is 13.1. The Morgan fingerprint density at radius 1 is 0.708 bits per heavy atom. The Kier molecular flexibility index (Phi) is 22.3. The number of hydrogen-bond acceptors (Lipinski definition) is 10. The molecular formula is C32H54N4O12. The number of carboxylic acids is 2. The number of nitrogens with two attached hydrogens (primary N) is 1. The standard InChI is InChI=1S/C32H54N4O12/c1-21(37)35-26(31(45)46)13-12-24(39)18-22(30(43)44)10-11-23(38)8-7-15-47-16-17-48-20-28(41)36-25(29(33)42)9-5-6-14-34-27(40)19-32(2,3)4/h22,25-26H,5-20H2,1-4H3,(H2,33,42)(H,34,40)(H,35,37)(H,36,41)(H,43,44)(H,45,46)/t22-,25?,26-/m1/s1. The molecule has 0 fully saturated rings. The molecule has 16 heteroatoms. The van der Waals surface area contributed by atoms with Crippen LogP contribution in [0, 0.1) is 11.3 Å². The summed E-state index contributed by atoms with van der Waals surface area (Å²) in [6.07, 6.45) is 1.59. The van der Waals surface area contributed by atoms with Crippen molar-refractivity contribution in [2.24, 2.45) is 17.1 Å². The fourth-order valence-electron chi connectivity index (χ4n) is 4.48. The molecule has 0 saturated heterocycles. The van der Waals surface area contributed by atoms with Crippen molar-refractivity contribution < 1.29 is 58.0 Å². The summed E-state index contributed by atoms with van der Waals surface area (Å²) in [5.41, 5.74) is 5.28. The minimum Gasteiger partial charge on any atom is -0.481 e. The number of unbranched alkanes of at least 4 members (excludes halogenated alkanes) is 1. The third-order valence-corrected chi connectivity index (χ3v) is 6.94. The number of ketones is 2. The van der Waals surface area contributed by atoms with E-state index in [1.54, 1.807) is 0 Å². The molecule has 0 aromatic rings. The monoisotopic (exact) mass is 686 g/mol. The van der Waals surface area contributed by atoms with Gasteiger partial charge in [0.15, 0.2) is 0 Å². The molecule has 4 amide bonds. The number of aliphatic carboxylic acids is 2. The maximum absolute atomic E-state index is 12.2. The van der Waals surface area contributed by atoms with Gasteiger partial charge in [0, 0.05) is 52.2 Å². The van der Waals surface area contributed by atoms with Gasteiger partial charge in [-0.3, -0.25) is 33.6 Å². The first-order valence-corrected chi connectivity index (χ1v) is 16.2. The average molecular weight is 687 g/mol. The molecule has 0 rings (SSSR count). The van der Waals surface area contributed by atoms with Crippen LogP contribution in [0.2, 0.25) is 0 Å². The summed E-state index contributed by atoms with van der Waals surface area (Å²) < 4.78 is 10.6. The van der Waals surface area contributed by atoms with Gasteiger partial charge in [0.2, 0.25) is 23.6 Å². The number of carbonyl (C=O) groups excluding carboxylic acids is 6. The van der Waals surface area contributed by atoms with Gasteiger partial charge in [-0.2, -0.15) is 0 Å². The van der Waals surface area contributed by atoms with Gasteiger partial charge in [-0.25, -0.2) is 4.79 Å². The van der Waals surface area contributed by atoms with Crippen molar-refractivity contribution in [1.29, 1.82) is 0 Å². The van der Waals surface area contributed by atoms with Crippen LogP contribution in [-0.4, -0.2) is 102 Å². The minimum atomic E-state index is -1.30. The Morgan fingerprint density at radius 2 is 1.35 bits per heavy atom. The first-order valence-electron chi connectivity index (χ1n) is 16.2. The lowest BCUT2D eigenvalue weighted by atomic mass is 9.92. The van der Waals surface area contributed by atoms with Crippen LogP contribution in [-0.2, 0) is 47.8 Å². The highest BCUT2D eigenvalue weighted by Gasteiger charge is 2.25. The Bertz CT molecular complexity index is 1090. The highest BCUT2D eigenvalue weighted by Crippen LogP contribution is 2.18. The van der Waals surface area contributed by atoms with E-state index in [4.69, 9.17) is 20.3 Å². The summed E-state index contributed by atoms with van der Waals surface area (Å²) in [4.78, 5) is 94.0. The topological polar surface area (TPSA) is 258 Å². The predicted octanol–water partition coefficient (Wildman–Crippen LogP) is 0.871. The van der Waals surface area contributed by atoms with Gasteiger partial charge in [0.25, 0.3) is 0 Å². The Morgan fingerprint density at radius 3 is 1.94 bits per heavy atom. The first-order chi connectivity index (χ1) is 22.4. The van der Waals surface area contributed by atoms with E-state index in [-0.39, 0.29) is 82.1 Å². The number of carbonyl (C=O) groups is 8. The van der Waals surface area contributed by atoms with Gasteiger partial charge >= 0.3 is 11.9 Å². The van der Waals surface area contributed by atoms with Crippen LogP contribution < -0.4 is 21.7 Å². The molecule has 0 aromatic carbocycles. The maximum Gasteiger partial charge on any atom is 0.326 e. The van der Waals surface area contributed by atoms with Crippen LogP contribution in [0.15, 0.2) is 0 Å². The Labute approximate surface area is 281 Å². The van der Waals surface area contributed by atoms with Crippen LogP contribution in [0.4, 0.5) is 0 Å². The van der Waals surface area contributed by atoms with E-state index in [1.807, 2.05) is 20.8 Å². The van der Waals surface area contributed by atoms with E-state index in [1.165, 1.54) is 0 Å².